The highest BCUT2D eigenvalue weighted by Gasteiger charge is 2.15. The van der Waals surface area contributed by atoms with E-state index in [1.807, 2.05) is 54.6 Å². The molecule has 0 atom stereocenters. The lowest BCUT2D eigenvalue weighted by Gasteiger charge is -2.32. The van der Waals surface area contributed by atoms with E-state index in [0.29, 0.717) is 35.3 Å². The first-order valence-electron chi connectivity index (χ1n) is 12.5. The Morgan fingerprint density at radius 1 is 1.06 bits per heavy atom. The molecule has 0 spiro atoms. The summed E-state index contributed by atoms with van der Waals surface area (Å²) in [4.78, 5) is 22.3. The van der Waals surface area contributed by atoms with Crippen LogP contribution in [0.2, 0.25) is 5.02 Å². The smallest absolute Gasteiger partial charge is 0.256 e. The summed E-state index contributed by atoms with van der Waals surface area (Å²) in [7, 11) is 2.16. The average molecular weight is 507 g/mol. The van der Waals surface area contributed by atoms with Crippen molar-refractivity contribution < 1.29 is 9.53 Å². The van der Waals surface area contributed by atoms with Crippen LogP contribution in [-0.4, -0.2) is 60.5 Å². The fourth-order valence-electron chi connectivity index (χ4n) is 4.14. The van der Waals surface area contributed by atoms with Crippen molar-refractivity contribution in [2.45, 2.75) is 26.8 Å². The summed E-state index contributed by atoms with van der Waals surface area (Å²) in [6.07, 6.45) is 0.554. The van der Waals surface area contributed by atoms with Gasteiger partial charge in [0, 0.05) is 61.0 Å². The van der Waals surface area contributed by atoms with Crippen LogP contribution in [0.1, 0.15) is 41.0 Å². The van der Waals surface area contributed by atoms with Gasteiger partial charge in [-0.2, -0.15) is 0 Å². The van der Waals surface area contributed by atoms with Gasteiger partial charge < -0.3 is 15.0 Å². The first-order chi connectivity index (χ1) is 17.4. The van der Waals surface area contributed by atoms with Crippen LogP contribution >= 0.6 is 11.6 Å². The Morgan fingerprint density at radius 3 is 2.53 bits per heavy atom. The van der Waals surface area contributed by atoms with Gasteiger partial charge in [-0.3, -0.25) is 9.69 Å². The largest absolute Gasteiger partial charge is 0.493 e. The fourth-order valence-corrected chi connectivity index (χ4v) is 4.34. The molecular formula is C29H35ClN4O2. The summed E-state index contributed by atoms with van der Waals surface area (Å²) < 4.78 is 5.98. The summed E-state index contributed by atoms with van der Waals surface area (Å²) >= 11 is 6.25. The summed E-state index contributed by atoms with van der Waals surface area (Å²) in [5.41, 5.74) is 3.62. The number of rotatable bonds is 9. The number of anilines is 1. The summed E-state index contributed by atoms with van der Waals surface area (Å²) in [6.45, 7) is 10.1. The Bertz CT molecular complexity index is 1160. The number of hydrogen-bond acceptors (Lipinski definition) is 5. The van der Waals surface area contributed by atoms with Gasteiger partial charge in [-0.1, -0.05) is 43.6 Å². The molecule has 4 rings (SSSR count). The van der Waals surface area contributed by atoms with E-state index in [1.165, 1.54) is 5.56 Å². The van der Waals surface area contributed by atoms with Crippen molar-refractivity contribution in [3.8, 4) is 5.75 Å². The van der Waals surface area contributed by atoms with E-state index < -0.39 is 0 Å². The van der Waals surface area contributed by atoms with Gasteiger partial charge in [0.05, 0.1) is 6.61 Å². The molecule has 1 fully saturated rings. The summed E-state index contributed by atoms with van der Waals surface area (Å²) in [6, 6.07) is 19.1. The molecule has 0 unspecified atom stereocenters. The molecule has 1 saturated heterocycles. The number of benzene rings is 2. The van der Waals surface area contributed by atoms with E-state index >= 15 is 0 Å². The van der Waals surface area contributed by atoms with Crippen LogP contribution in [0.5, 0.6) is 5.75 Å². The van der Waals surface area contributed by atoms with E-state index in [-0.39, 0.29) is 5.91 Å². The fraction of sp³-hybridized carbons (Fsp3) is 0.379. The number of hydrogen-bond donors (Lipinski definition) is 1. The number of amides is 1. The van der Waals surface area contributed by atoms with Gasteiger partial charge in [-0.05, 0) is 61.0 Å². The Balaban J connectivity index is 1.38. The van der Waals surface area contributed by atoms with Crippen LogP contribution in [0, 0.1) is 5.92 Å². The van der Waals surface area contributed by atoms with Gasteiger partial charge in [0.25, 0.3) is 5.91 Å². The summed E-state index contributed by atoms with van der Waals surface area (Å²) in [5, 5.41) is 3.59. The van der Waals surface area contributed by atoms with Crippen molar-refractivity contribution >= 4 is 23.3 Å². The minimum atomic E-state index is -0.172. The van der Waals surface area contributed by atoms with Crippen molar-refractivity contribution in [1.29, 1.82) is 0 Å². The summed E-state index contributed by atoms with van der Waals surface area (Å²) in [5.74, 6) is 1.58. The molecule has 1 amide bonds. The predicted molar refractivity (Wildman–Crippen MR) is 146 cm³/mol. The molecule has 1 aromatic heterocycles. The molecule has 36 heavy (non-hydrogen) atoms. The molecular weight excluding hydrogens is 472 g/mol. The zero-order valence-corrected chi connectivity index (χ0v) is 22.1. The highest BCUT2D eigenvalue weighted by Crippen LogP contribution is 2.26. The number of pyridine rings is 1. The van der Waals surface area contributed by atoms with Gasteiger partial charge in [0.2, 0.25) is 0 Å². The topological polar surface area (TPSA) is 57.7 Å². The van der Waals surface area contributed by atoms with Crippen molar-refractivity contribution in [2.24, 2.45) is 5.92 Å². The number of aromatic nitrogens is 1. The second kappa shape index (κ2) is 12.3. The number of carbonyl (C=O) groups is 1. The number of ether oxygens (including phenoxy) is 1. The third kappa shape index (κ3) is 7.53. The van der Waals surface area contributed by atoms with E-state index in [2.05, 4.69) is 41.0 Å². The van der Waals surface area contributed by atoms with Crippen LogP contribution in [0.4, 0.5) is 5.82 Å². The normalized spacial score (nSPS) is 14.7. The predicted octanol–water partition coefficient (Wildman–Crippen LogP) is 5.36. The van der Waals surface area contributed by atoms with Crippen molar-refractivity contribution in [3.05, 3.63) is 88.1 Å². The zero-order chi connectivity index (χ0) is 25.5. The number of halogens is 1. The van der Waals surface area contributed by atoms with Crippen LogP contribution in [0.15, 0.2) is 60.7 Å². The standard InChI is InChI=1S/C29H35ClN4O2/c1-21(2)20-36-27-12-11-25(30)17-24(27)18-26-5-4-6-28(31-26)32-29(35)23-9-7-22(8-10-23)19-34-15-13-33(3)14-16-34/h4-12,17,21H,13-16,18-20H2,1-3H3,(H,31,32,35). The quantitative estimate of drug-likeness (QED) is 0.423. The van der Waals surface area contributed by atoms with Gasteiger partial charge in [0.1, 0.15) is 11.6 Å². The Morgan fingerprint density at radius 2 is 1.81 bits per heavy atom. The van der Waals surface area contributed by atoms with Gasteiger partial charge in [0.15, 0.2) is 0 Å². The van der Waals surface area contributed by atoms with Crippen LogP contribution in [-0.2, 0) is 13.0 Å². The number of nitrogens with zero attached hydrogens (tertiary/aromatic N) is 3. The van der Waals surface area contributed by atoms with Gasteiger partial charge in [-0.25, -0.2) is 4.98 Å². The highest BCUT2D eigenvalue weighted by molar-refractivity contribution is 6.30. The molecule has 0 saturated carbocycles. The maximum absolute atomic E-state index is 12.9. The van der Waals surface area contributed by atoms with Crippen molar-refractivity contribution in [2.75, 3.05) is 45.2 Å². The molecule has 0 bridgehead atoms. The molecule has 190 valence electrons. The van der Waals surface area contributed by atoms with E-state index in [0.717, 1.165) is 49.7 Å². The second-order valence-corrected chi connectivity index (χ2v) is 10.3. The molecule has 0 aliphatic carbocycles. The highest BCUT2D eigenvalue weighted by atomic mass is 35.5. The Hall–Kier alpha value is -2.93. The minimum Gasteiger partial charge on any atom is -0.493 e. The number of likely N-dealkylation sites (N-methyl/N-ethyl adjacent to an activating group) is 1. The lowest BCUT2D eigenvalue weighted by Crippen LogP contribution is -2.43. The van der Waals surface area contributed by atoms with Crippen molar-refractivity contribution in [3.63, 3.8) is 0 Å². The molecule has 1 N–H and O–H groups in total. The second-order valence-electron chi connectivity index (χ2n) is 9.88. The van der Waals surface area contributed by atoms with E-state index in [4.69, 9.17) is 16.3 Å². The molecule has 7 heteroatoms. The van der Waals surface area contributed by atoms with Crippen LogP contribution in [0.25, 0.3) is 0 Å². The van der Waals surface area contributed by atoms with Crippen LogP contribution in [0.3, 0.4) is 0 Å². The molecule has 3 aromatic rings. The molecule has 2 aromatic carbocycles. The molecule has 2 heterocycles. The monoisotopic (exact) mass is 506 g/mol. The molecule has 0 radical (unpaired) electrons. The first kappa shape index (κ1) is 26.1. The lowest BCUT2D eigenvalue weighted by molar-refractivity contribution is 0.102. The van der Waals surface area contributed by atoms with Crippen molar-refractivity contribution in [1.82, 2.24) is 14.8 Å². The number of carbonyl (C=O) groups excluding carboxylic acids is 1. The maximum atomic E-state index is 12.9. The van der Waals surface area contributed by atoms with Gasteiger partial charge >= 0.3 is 0 Å². The van der Waals surface area contributed by atoms with E-state index in [9.17, 15) is 4.79 Å². The Kier molecular flexibility index (Phi) is 8.97. The lowest BCUT2D eigenvalue weighted by atomic mass is 10.1. The molecule has 1 aliphatic rings. The molecule has 6 nitrogen and oxygen atoms in total. The minimum absolute atomic E-state index is 0.172. The third-order valence-electron chi connectivity index (χ3n) is 6.23. The molecule has 1 aliphatic heterocycles. The van der Waals surface area contributed by atoms with Gasteiger partial charge in [-0.15, -0.1) is 0 Å². The number of nitrogens with one attached hydrogen (secondary N) is 1. The SMILES string of the molecule is CC(C)COc1ccc(Cl)cc1Cc1cccc(NC(=O)c2ccc(CN3CCN(C)CC3)cc2)n1. The van der Waals surface area contributed by atoms with Crippen LogP contribution < -0.4 is 10.1 Å². The third-order valence-corrected chi connectivity index (χ3v) is 6.47. The maximum Gasteiger partial charge on any atom is 0.256 e. The first-order valence-corrected chi connectivity index (χ1v) is 12.9. The Labute approximate surface area is 219 Å². The zero-order valence-electron chi connectivity index (χ0n) is 21.3. The average Bonchev–Trinajstić information content (AvgIpc) is 2.85. The van der Waals surface area contributed by atoms with E-state index in [1.54, 1.807) is 6.07 Å². The number of piperazine rings is 1.